The minimum atomic E-state index is -0.672. The first-order chi connectivity index (χ1) is 10.5. The van der Waals surface area contributed by atoms with Gasteiger partial charge in [-0.05, 0) is 12.1 Å². The number of benzene rings is 1. The van der Waals surface area contributed by atoms with Crippen LogP contribution in [0.15, 0.2) is 29.5 Å². The third kappa shape index (κ3) is 2.96. The van der Waals surface area contributed by atoms with E-state index in [0.717, 1.165) is 6.07 Å². The van der Waals surface area contributed by atoms with E-state index in [0.29, 0.717) is 0 Å². The molecule has 1 heterocycles. The number of carbonyl (C=O) groups is 2. The molecule has 1 aliphatic heterocycles. The average Bonchev–Trinajstić information content (AvgIpc) is 2.79. The molecule has 0 saturated heterocycles. The lowest BCUT2D eigenvalue weighted by Crippen LogP contribution is -2.31. The smallest absolute Gasteiger partial charge is 0.337 e. The van der Waals surface area contributed by atoms with Crippen molar-refractivity contribution >= 4 is 17.6 Å². The van der Waals surface area contributed by atoms with Crippen LogP contribution in [0.25, 0.3) is 0 Å². The Morgan fingerprint density at radius 1 is 1.41 bits per heavy atom. The minimum Gasteiger partial charge on any atom is -0.508 e. The largest absolute Gasteiger partial charge is 0.508 e. The maximum Gasteiger partial charge on any atom is 0.337 e. The number of phenolic OH excluding ortho intramolecular Hbond substituents is 2. The van der Waals surface area contributed by atoms with E-state index >= 15 is 0 Å². The molecule has 0 aromatic heterocycles. The zero-order chi connectivity index (χ0) is 16.3. The first-order valence-corrected chi connectivity index (χ1v) is 6.48. The molecular formula is C14H16N2O6. The number of rotatable bonds is 5. The monoisotopic (exact) mass is 308 g/mol. The molecule has 118 valence electrons. The summed E-state index contributed by atoms with van der Waals surface area (Å²) in [6.07, 6.45) is 0. The summed E-state index contributed by atoms with van der Waals surface area (Å²) in [5, 5.41) is 30.7. The van der Waals surface area contributed by atoms with Crippen molar-refractivity contribution in [3.8, 4) is 11.5 Å². The SMILES string of the molecule is COC(=O)C1=C(Nc2ccc(O)cc2O)C(=O)N(CCO)C1. The predicted molar refractivity (Wildman–Crippen MR) is 76.1 cm³/mol. The van der Waals surface area contributed by atoms with Crippen LogP contribution in [0.3, 0.4) is 0 Å². The molecule has 0 atom stereocenters. The van der Waals surface area contributed by atoms with Gasteiger partial charge in [-0.25, -0.2) is 4.79 Å². The van der Waals surface area contributed by atoms with Gasteiger partial charge in [0.1, 0.15) is 17.2 Å². The Bertz CT molecular complexity index is 640. The molecule has 1 aliphatic rings. The number of nitrogens with zero attached hydrogens (tertiary/aromatic N) is 1. The van der Waals surface area contributed by atoms with Crippen molar-refractivity contribution in [1.29, 1.82) is 0 Å². The number of aromatic hydroxyl groups is 2. The van der Waals surface area contributed by atoms with Crippen LogP contribution in [-0.2, 0) is 14.3 Å². The van der Waals surface area contributed by atoms with Gasteiger partial charge in [-0.2, -0.15) is 0 Å². The number of anilines is 1. The molecule has 0 unspecified atom stereocenters. The standard InChI is InChI=1S/C14H16N2O6/c1-22-14(21)9-7-16(4-5-17)13(20)12(9)15-10-3-2-8(18)6-11(10)19/h2-3,6,15,17-19H,4-5,7H2,1H3. The number of carbonyl (C=O) groups excluding carboxylic acids is 2. The molecule has 0 aliphatic carbocycles. The molecule has 22 heavy (non-hydrogen) atoms. The van der Waals surface area contributed by atoms with Crippen LogP contribution < -0.4 is 5.32 Å². The van der Waals surface area contributed by atoms with Gasteiger partial charge in [0.2, 0.25) is 0 Å². The fourth-order valence-corrected chi connectivity index (χ4v) is 2.11. The van der Waals surface area contributed by atoms with Crippen LogP contribution in [0.5, 0.6) is 11.5 Å². The highest BCUT2D eigenvalue weighted by Gasteiger charge is 2.34. The van der Waals surface area contributed by atoms with Crippen molar-refractivity contribution in [1.82, 2.24) is 4.90 Å². The van der Waals surface area contributed by atoms with Gasteiger partial charge in [0.15, 0.2) is 0 Å². The molecule has 1 aromatic carbocycles. The van der Waals surface area contributed by atoms with Crippen LogP contribution in [0.2, 0.25) is 0 Å². The van der Waals surface area contributed by atoms with Crippen molar-refractivity contribution in [3.05, 3.63) is 29.5 Å². The van der Waals surface area contributed by atoms with Crippen molar-refractivity contribution < 1.29 is 29.6 Å². The number of esters is 1. The van der Waals surface area contributed by atoms with Crippen LogP contribution in [0, 0.1) is 0 Å². The second-order valence-corrected chi connectivity index (χ2v) is 4.62. The highest BCUT2D eigenvalue weighted by Crippen LogP contribution is 2.30. The summed E-state index contributed by atoms with van der Waals surface area (Å²) in [5.74, 6) is -1.56. The zero-order valence-electron chi connectivity index (χ0n) is 11.9. The maximum absolute atomic E-state index is 12.3. The van der Waals surface area contributed by atoms with Gasteiger partial charge in [0.05, 0.1) is 31.5 Å². The van der Waals surface area contributed by atoms with E-state index < -0.39 is 11.9 Å². The molecule has 1 amide bonds. The van der Waals surface area contributed by atoms with Gasteiger partial charge in [0.25, 0.3) is 5.91 Å². The van der Waals surface area contributed by atoms with Crippen LogP contribution in [-0.4, -0.2) is 58.9 Å². The number of methoxy groups -OCH3 is 1. The second kappa shape index (κ2) is 6.35. The van der Waals surface area contributed by atoms with Crippen molar-refractivity contribution in [2.75, 3.05) is 32.1 Å². The first-order valence-electron chi connectivity index (χ1n) is 6.48. The summed E-state index contributed by atoms with van der Waals surface area (Å²) in [5.41, 5.74) is 0.239. The van der Waals surface area contributed by atoms with Crippen molar-refractivity contribution in [2.45, 2.75) is 0 Å². The Hall–Kier alpha value is -2.74. The zero-order valence-corrected chi connectivity index (χ0v) is 11.9. The summed E-state index contributed by atoms with van der Waals surface area (Å²) >= 11 is 0. The number of hydrogen-bond acceptors (Lipinski definition) is 7. The van der Waals surface area contributed by atoms with E-state index in [2.05, 4.69) is 10.1 Å². The molecule has 1 aromatic rings. The van der Waals surface area contributed by atoms with Gasteiger partial charge in [-0.15, -0.1) is 0 Å². The quantitative estimate of drug-likeness (QED) is 0.337. The van der Waals surface area contributed by atoms with Crippen LogP contribution in [0.1, 0.15) is 0 Å². The molecule has 8 heteroatoms. The lowest BCUT2D eigenvalue weighted by molar-refractivity contribution is -0.136. The second-order valence-electron chi connectivity index (χ2n) is 4.62. The van der Waals surface area contributed by atoms with E-state index in [1.165, 1.54) is 24.1 Å². The number of amides is 1. The molecular weight excluding hydrogens is 292 g/mol. The fourth-order valence-electron chi connectivity index (χ4n) is 2.11. The lowest BCUT2D eigenvalue weighted by Gasteiger charge is -2.15. The van der Waals surface area contributed by atoms with E-state index in [-0.39, 0.29) is 48.2 Å². The summed E-state index contributed by atoms with van der Waals surface area (Å²) < 4.78 is 4.65. The highest BCUT2D eigenvalue weighted by atomic mass is 16.5. The molecule has 0 bridgehead atoms. The first kappa shape index (κ1) is 15.6. The summed E-state index contributed by atoms with van der Waals surface area (Å²) in [4.78, 5) is 25.3. The number of hydrogen-bond donors (Lipinski definition) is 4. The van der Waals surface area contributed by atoms with E-state index in [1.54, 1.807) is 0 Å². The molecule has 2 rings (SSSR count). The molecule has 0 radical (unpaired) electrons. The molecule has 8 nitrogen and oxygen atoms in total. The Kier molecular flexibility index (Phi) is 4.52. The minimum absolute atomic E-state index is 0.00719. The lowest BCUT2D eigenvalue weighted by atomic mass is 10.2. The maximum atomic E-state index is 12.3. The third-order valence-electron chi connectivity index (χ3n) is 3.19. The van der Waals surface area contributed by atoms with Gasteiger partial charge < -0.3 is 30.3 Å². The number of ether oxygens (including phenoxy) is 1. The van der Waals surface area contributed by atoms with Crippen molar-refractivity contribution in [3.63, 3.8) is 0 Å². The number of aliphatic hydroxyl groups excluding tert-OH is 1. The van der Waals surface area contributed by atoms with Gasteiger partial charge >= 0.3 is 5.97 Å². The van der Waals surface area contributed by atoms with Crippen LogP contribution in [0.4, 0.5) is 5.69 Å². The van der Waals surface area contributed by atoms with Crippen LogP contribution >= 0.6 is 0 Å². The Labute approximate surface area is 126 Å². The molecule has 4 N–H and O–H groups in total. The Morgan fingerprint density at radius 2 is 2.14 bits per heavy atom. The molecule has 0 fully saturated rings. The summed E-state index contributed by atoms with van der Waals surface area (Å²) in [6.45, 7) is -0.156. The normalized spacial score (nSPS) is 14.5. The van der Waals surface area contributed by atoms with Crippen molar-refractivity contribution in [2.24, 2.45) is 0 Å². The topological polar surface area (TPSA) is 119 Å². The highest BCUT2D eigenvalue weighted by molar-refractivity contribution is 6.08. The summed E-state index contributed by atoms with van der Waals surface area (Å²) in [6, 6.07) is 3.80. The van der Waals surface area contributed by atoms with E-state index in [1.807, 2.05) is 0 Å². The number of β-amino-alcohol motifs (C(OH)–C–C–N with tert-alkyl or cyclic N) is 1. The summed E-state index contributed by atoms with van der Waals surface area (Å²) in [7, 11) is 1.20. The Morgan fingerprint density at radius 3 is 2.73 bits per heavy atom. The van der Waals surface area contributed by atoms with Gasteiger partial charge in [-0.3, -0.25) is 4.79 Å². The number of phenols is 2. The Balaban J connectivity index is 2.34. The van der Waals surface area contributed by atoms with Gasteiger partial charge in [0, 0.05) is 12.6 Å². The fraction of sp³-hybridized carbons (Fsp3) is 0.286. The average molecular weight is 308 g/mol. The number of nitrogens with one attached hydrogen (secondary N) is 1. The van der Waals surface area contributed by atoms with Gasteiger partial charge in [-0.1, -0.05) is 0 Å². The predicted octanol–water partition coefficient (Wildman–Crippen LogP) is -0.229. The van der Waals surface area contributed by atoms with E-state index in [4.69, 9.17) is 5.11 Å². The molecule has 0 saturated carbocycles. The molecule has 0 spiro atoms. The third-order valence-corrected chi connectivity index (χ3v) is 3.19. The number of aliphatic hydroxyl groups is 1. The van der Waals surface area contributed by atoms with E-state index in [9.17, 15) is 19.8 Å².